The van der Waals surface area contributed by atoms with Gasteiger partial charge in [-0.3, -0.25) is 4.79 Å². The molecule has 19 heavy (non-hydrogen) atoms. The third-order valence-electron chi connectivity index (χ3n) is 2.93. The smallest absolute Gasteiger partial charge is 0.246 e. The minimum absolute atomic E-state index is 0.0387. The first-order valence-electron chi connectivity index (χ1n) is 6.29. The van der Waals surface area contributed by atoms with Crippen LogP contribution in [0.1, 0.15) is 18.7 Å². The number of amides is 1. The topological polar surface area (TPSA) is 49.8 Å². The number of carbonyl (C=O) groups is 1. The van der Waals surface area contributed by atoms with E-state index in [9.17, 15) is 9.90 Å². The van der Waals surface area contributed by atoms with E-state index >= 15 is 0 Å². The molecule has 2 heterocycles. The summed E-state index contributed by atoms with van der Waals surface area (Å²) in [6.07, 6.45) is 3.10. The Morgan fingerprint density at radius 2 is 2.47 bits per heavy atom. The second-order valence-corrected chi connectivity index (χ2v) is 6.23. The van der Waals surface area contributed by atoms with Gasteiger partial charge in [-0.1, -0.05) is 6.07 Å². The molecule has 0 aromatic carbocycles. The molecule has 1 aliphatic rings. The third-order valence-corrected chi connectivity index (χ3v) is 3.77. The summed E-state index contributed by atoms with van der Waals surface area (Å²) in [5.74, 6) is -0.0387. The van der Waals surface area contributed by atoms with Crippen LogP contribution in [-0.2, 0) is 9.53 Å². The Labute approximate surface area is 117 Å². The standard InChI is InChI=1S/C14H19NO3S/c1-14(2)10-15(8-11(9-16)18-14)13(17)6-5-12-4-3-7-19-12/h3-7,11,16H,8-10H2,1-2H3/b6-5+. The zero-order chi connectivity index (χ0) is 13.9. The number of nitrogens with zero attached hydrogens (tertiary/aromatic N) is 1. The summed E-state index contributed by atoms with van der Waals surface area (Å²) in [6.45, 7) is 4.77. The highest BCUT2D eigenvalue weighted by Crippen LogP contribution is 2.21. The zero-order valence-electron chi connectivity index (χ0n) is 11.2. The molecule has 4 nitrogen and oxygen atoms in total. The molecular weight excluding hydrogens is 262 g/mol. The highest BCUT2D eigenvalue weighted by molar-refractivity contribution is 7.10. The lowest BCUT2D eigenvalue weighted by atomic mass is 10.1. The van der Waals surface area contributed by atoms with Crippen LogP contribution in [0.25, 0.3) is 6.08 Å². The van der Waals surface area contributed by atoms with Crippen molar-refractivity contribution in [2.75, 3.05) is 19.7 Å². The molecule has 1 saturated heterocycles. The minimum Gasteiger partial charge on any atom is -0.394 e. The average Bonchev–Trinajstić information content (AvgIpc) is 2.87. The van der Waals surface area contributed by atoms with Gasteiger partial charge in [0.05, 0.1) is 18.3 Å². The van der Waals surface area contributed by atoms with E-state index in [0.717, 1.165) is 4.88 Å². The molecular formula is C14H19NO3S. The van der Waals surface area contributed by atoms with Crippen LogP contribution < -0.4 is 0 Å². The van der Waals surface area contributed by atoms with Crippen LogP contribution in [0.5, 0.6) is 0 Å². The molecule has 1 atom stereocenters. The summed E-state index contributed by atoms with van der Waals surface area (Å²) in [4.78, 5) is 14.9. The number of hydrogen-bond donors (Lipinski definition) is 1. The number of aliphatic hydroxyl groups is 1. The van der Waals surface area contributed by atoms with Gasteiger partial charge in [-0.05, 0) is 31.4 Å². The second-order valence-electron chi connectivity index (χ2n) is 5.25. The summed E-state index contributed by atoms with van der Waals surface area (Å²) in [7, 11) is 0. The number of rotatable bonds is 3. The average molecular weight is 281 g/mol. The molecule has 0 aliphatic carbocycles. The Bertz CT molecular complexity index is 453. The first-order chi connectivity index (χ1) is 9.00. The van der Waals surface area contributed by atoms with Gasteiger partial charge >= 0.3 is 0 Å². The number of hydrogen-bond acceptors (Lipinski definition) is 4. The van der Waals surface area contributed by atoms with Crippen LogP contribution in [0, 0.1) is 0 Å². The van der Waals surface area contributed by atoms with Crippen molar-refractivity contribution in [1.82, 2.24) is 4.90 Å². The molecule has 1 N–H and O–H groups in total. The highest BCUT2D eigenvalue weighted by atomic mass is 32.1. The number of morpholine rings is 1. The lowest BCUT2D eigenvalue weighted by Gasteiger charge is -2.41. The summed E-state index contributed by atoms with van der Waals surface area (Å²) in [5, 5.41) is 11.2. The molecule has 1 aromatic heterocycles. The fraction of sp³-hybridized carbons (Fsp3) is 0.500. The number of aliphatic hydroxyl groups excluding tert-OH is 1. The minimum atomic E-state index is -0.419. The van der Waals surface area contributed by atoms with Gasteiger partial charge in [-0.2, -0.15) is 0 Å². The van der Waals surface area contributed by atoms with Crippen LogP contribution in [-0.4, -0.2) is 47.3 Å². The van der Waals surface area contributed by atoms with Crippen LogP contribution >= 0.6 is 11.3 Å². The molecule has 1 unspecified atom stereocenters. The monoisotopic (exact) mass is 281 g/mol. The maximum absolute atomic E-state index is 12.1. The molecule has 0 saturated carbocycles. The maximum atomic E-state index is 12.1. The van der Waals surface area contributed by atoms with Crippen molar-refractivity contribution in [2.24, 2.45) is 0 Å². The molecule has 0 spiro atoms. The predicted octanol–water partition coefficient (Wildman–Crippen LogP) is 1.76. The van der Waals surface area contributed by atoms with Crippen LogP contribution in [0.4, 0.5) is 0 Å². The number of ether oxygens (including phenoxy) is 1. The van der Waals surface area contributed by atoms with Gasteiger partial charge < -0.3 is 14.7 Å². The molecule has 1 aromatic rings. The first kappa shape index (κ1) is 14.2. The summed E-state index contributed by atoms with van der Waals surface area (Å²) < 4.78 is 5.69. The van der Waals surface area contributed by atoms with Crippen molar-refractivity contribution >= 4 is 23.3 Å². The lowest BCUT2D eigenvalue weighted by molar-refractivity contribution is -0.163. The van der Waals surface area contributed by atoms with Crippen LogP contribution in [0.2, 0.25) is 0 Å². The quantitative estimate of drug-likeness (QED) is 0.859. The second kappa shape index (κ2) is 5.86. The first-order valence-corrected chi connectivity index (χ1v) is 7.17. The largest absolute Gasteiger partial charge is 0.394 e. The lowest BCUT2D eigenvalue weighted by Crippen LogP contribution is -2.55. The van der Waals surface area contributed by atoms with Crippen molar-refractivity contribution in [1.29, 1.82) is 0 Å². The Hall–Kier alpha value is -1.17. The van der Waals surface area contributed by atoms with E-state index in [0.29, 0.717) is 13.1 Å². The van der Waals surface area contributed by atoms with Crippen LogP contribution in [0.15, 0.2) is 23.6 Å². The van der Waals surface area contributed by atoms with E-state index in [2.05, 4.69) is 0 Å². The number of carbonyl (C=O) groups excluding carboxylic acids is 1. The summed E-state index contributed by atoms with van der Waals surface area (Å²) >= 11 is 1.59. The third kappa shape index (κ3) is 3.89. The highest BCUT2D eigenvalue weighted by Gasteiger charge is 2.34. The zero-order valence-corrected chi connectivity index (χ0v) is 12.0. The van der Waals surface area contributed by atoms with E-state index in [1.165, 1.54) is 0 Å². The van der Waals surface area contributed by atoms with Gasteiger partial charge in [-0.25, -0.2) is 0 Å². The number of thiophene rings is 1. The Balaban J connectivity index is 2.02. The molecule has 0 radical (unpaired) electrons. The fourth-order valence-corrected chi connectivity index (χ4v) is 2.82. The Morgan fingerprint density at radius 3 is 3.11 bits per heavy atom. The van der Waals surface area contributed by atoms with Gasteiger partial charge in [-0.15, -0.1) is 11.3 Å². The van der Waals surface area contributed by atoms with Gasteiger partial charge in [0.2, 0.25) is 5.91 Å². The molecule has 0 bridgehead atoms. The molecule has 104 valence electrons. The van der Waals surface area contributed by atoms with E-state index in [1.807, 2.05) is 37.4 Å². The van der Waals surface area contributed by atoms with Gasteiger partial charge in [0.1, 0.15) is 0 Å². The summed E-state index contributed by atoms with van der Waals surface area (Å²) in [5.41, 5.74) is -0.419. The van der Waals surface area contributed by atoms with Gasteiger partial charge in [0.15, 0.2) is 0 Å². The molecule has 2 rings (SSSR count). The molecule has 5 heteroatoms. The molecule has 1 fully saturated rings. The van der Waals surface area contributed by atoms with Gasteiger partial charge in [0.25, 0.3) is 0 Å². The molecule has 1 amide bonds. The van der Waals surface area contributed by atoms with E-state index < -0.39 is 5.60 Å². The summed E-state index contributed by atoms with van der Waals surface area (Å²) in [6, 6.07) is 3.92. The van der Waals surface area contributed by atoms with E-state index in [4.69, 9.17) is 4.74 Å². The normalized spacial score (nSPS) is 22.9. The van der Waals surface area contributed by atoms with Crippen molar-refractivity contribution < 1.29 is 14.6 Å². The Morgan fingerprint density at radius 1 is 1.68 bits per heavy atom. The fourth-order valence-electron chi connectivity index (χ4n) is 2.20. The van der Waals surface area contributed by atoms with Crippen LogP contribution in [0.3, 0.4) is 0 Å². The van der Waals surface area contributed by atoms with Crippen molar-refractivity contribution in [3.8, 4) is 0 Å². The SMILES string of the molecule is CC1(C)CN(C(=O)/C=C/c2cccs2)CC(CO)O1. The van der Waals surface area contributed by atoms with E-state index in [-0.39, 0.29) is 18.6 Å². The predicted molar refractivity (Wildman–Crippen MR) is 76.0 cm³/mol. The van der Waals surface area contributed by atoms with Crippen molar-refractivity contribution in [3.63, 3.8) is 0 Å². The van der Waals surface area contributed by atoms with Crippen molar-refractivity contribution in [3.05, 3.63) is 28.5 Å². The Kier molecular flexibility index (Phi) is 4.39. The van der Waals surface area contributed by atoms with Crippen molar-refractivity contribution in [2.45, 2.75) is 25.6 Å². The van der Waals surface area contributed by atoms with E-state index in [1.54, 1.807) is 22.3 Å². The maximum Gasteiger partial charge on any atom is 0.246 e. The molecule has 1 aliphatic heterocycles. The van der Waals surface area contributed by atoms with Gasteiger partial charge in [0, 0.05) is 24.0 Å².